The van der Waals surface area contributed by atoms with E-state index in [0.717, 1.165) is 28.7 Å². The van der Waals surface area contributed by atoms with Crippen molar-refractivity contribution in [2.75, 3.05) is 6.54 Å². The molecule has 1 aliphatic heterocycles. The first-order chi connectivity index (χ1) is 15.3. The van der Waals surface area contributed by atoms with Gasteiger partial charge in [0, 0.05) is 49.5 Å². The van der Waals surface area contributed by atoms with Crippen LogP contribution in [0.25, 0.3) is 22.3 Å². The third kappa shape index (κ3) is 2.91. The van der Waals surface area contributed by atoms with E-state index < -0.39 is 17.5 Å². The van der Waals surface area contributed by atoms with Crippen LogP contribution < -0.4 is 0 Å². The van der Waals surface area contributed by atoms with Gasteiger partial charge in [-0.25, -0.2) is 18.2 Å². The lowest BCUT2D eigenvalue weighted by Gasteiger charge is -2.33. The van der Waals surface area contributed by atoms with Gasteiger partial charge in [0.05, 0.1) is 23.0 Å². The molecule has 9 heteroatoms. The molecule has 1 atom stereocenters. The normalized spacial score (nSPS) is 15.9. The van der Waals surface area contributed by atoms with Gasteiger partial charge in [-0.05, 0) is 37.6 Å². The highest BCUT2D eigenvalue weighted by Gasteiger charge is 2.34. The second kappa shape index (κ2) is 7.22. The first kappa shape index (κ1) is 20.3. The molecule has 6 nitrogen and oxygen atoms in total. The van der Waals surface area contributed by atoms with Crippen LogP contribution in [0.2, 0.25) is 0 Å². The number of nitrogens with zero attached hydrogens (tertiary/aromatic N) is 5. The number of hydrogen-bond acceptors (Lipinski definition) is 3. The highest BCUT2D eigenvalue weighted by Crippen LogP contribution is 2.37. The zero-order valence-corrected chi connectivity index (χ0v) is 17.7. The van der Waals surface area contributed by atoms with Gasteiger partial charge in [0.25, 0.3) is 5.91 Å². The SMILES string of the molecule is C[C@H]1c2nn(C)c(-c3cc(F)c(F)c(F)c3)c2CCN1C(=O)c1ccnc2c1ccn2C. The van der Waals surface area contributed by atoms with Crippen molar-refractivity contribution >= 4 is 16.9 Å². The van der Waals surface area contributed by atoms with Crippen molar-refractivity contribution in [2.24, 2.45) is 14.1 Å². The summed E-state index contributed by atoms with van der Waals surface area (Å²) in [7, 11) is 3.54. The summed E-state index contributed by atoms with van der Waals surface area (Å²) in [4.78, 5) is 19.5. The van der Waals surface area contributed by atoms with Gasteiger partial charge in [0.2, 0.25) is 0 Å². The molecule has 5 rings (SSSR count). The van der Waals surface area contributed by atoms with Crippen LogP contribution in [0, 0.1) is 17.5 Å². The van der Waals surface area contributed by atoms with E-state index in [4.69, 9.17) is 0 Å². The Bertz CT molecular complexity index is 1370. The van der Waals surface area contributed by atoms with Crippen LogP contribution in [-0.4, -0.2) is 36.7 Å². The van der Waals surface area contributed by atoms with Crippen molar-refractivity contribution in [3.05, 3.63) is 70.9 Å². The molecule has 0 spiro atoms. The molecule has 32 heavy (non-hydrogen) atoms. The van der Waals surface area contributed by atoms with Crippen LogP contribution in [-0.2, 0) is 20.5 Å². The second-order valence-electron chi connectivity index (χ2n) is 8.04. The molecule has 0 bridgehead atoms. The Balaban J connectivity index is 1.54. The summed E-state index contributed by atoms with van der Waals surface area (Å²) in [6.07, 6.45) is 3.93. The highest BCUT2D eigenvalue weighted by molar-refractivity contribution is 6.05. The van der Waals surface area contributed by atoms with E-state index in [1.165, 1.54) is 4.68 Å². The number of aromatic nitrogens is 4. The fraction of sp³-hybridized carbons (Fsp3) is 0.261. The fourth-order valence-corrected chi connectivity index (χ4v) is 4.58. The predicted molar refractivity (Wildman–Crippen MR) is 112 cm³/mol. The molecule has 0 fully saturated rings. The Hall–Kier alpha value is -3.62. The number of fused-ring (bicyclic) bond motifs is 2. The van der Waals surface area contributed by atoms with Crippen LogP contribution in [0.15, 0.2) is 36.7 Å². The van der Waals surface area contributed by atoms with Crippen LogP contribution in [0.3, 0.4) is 0 Å². The van der Waals surface area contributed by atoms with Gasteiger partial charge in [-0.3, -0.25) is 9.48 Å². The van der Waals surface area contributed by atoms with Crippen molar-refractivity contribution in [1.29, 1.82) is 0 Å². The maximum atomic E-state index is 13.9. The van der Waals surface area contributed by atoms with Crippen molar-refractivity contribution in [3.8, 4) is 11.3 Å². The molecule has 164 valence electrons. The van der Waals surface area contributed by atoms with Crippen LogP contribution in [0.4, 0.5) is 13.2 Å². The molecule has 0 radical (unpaired) electrons. The smallest absolute Gasteiger partial charge is 0.255 e. The van der Waals surface area contributed by atoms with E-state index in [9.17, 15) is 18.0 Å². The summed E-state index contributed by atoms with van der Waals surface area (Å²) in [6, 6.07) is 5.17. The van der Waals surface area contributed by atoms with Gasteiger partial charge in [-0.2, -0.15) is 5.10 Å². The monoisotopic (exact) mass is 439 g/mol. The summed E-state index contributed by atoms with van der Waals surface area (Å²) in [5, 5.41) is 5.33. The van der Waals surface area contributed by atoms with Crippen LogP contribution in [0.5, 0.6) is 0 Å². The molecular formula is C23H20F3N5O. The number of pyridine rings is 1. The minimum absolute atomic E-state index is 0.132. The number of rotatable bonds is 2. The third-order valence-electron chi connectivity index (χ3n) is 6.16. The Morgan fingerprint density at radius 3 is 2.56 bits per heavy atom. The summed E-state index contributed by atoms with van der Waals surface area (Å²) in [5.41, 5.74) is 3.47. The van der Waals surface area contributed by atoms with E-state index >= 15 is 0 Å². The maximum Gasteiger partial charge on any atom is 0.255 e. The summed E-state index contributed by atoms with van der Waals surface area (Å²) in [6.45, 7) is 2.29. The highest BCUT2D eigenvalue weighted by atomic mass is 19.2. The number of carbonyl (C=O) groups is 1. The van der Waals surface area contributed by atoms with E-state index in [0.29, 0.717) is 29.9 Å². The minimum Gasteiger partial charge on any atom is -0.336 e. The average molecular weight is 439 g/mol. The number of hydrogen-bond donors (Lipinski definition) is 0. The van der Waals surface area contributed by atoms with Gasteiger partial charge in [-0.1, -0.05) is 0 Å². The maximum absolute atomic E-state index is 13.9. The number of carbonyl (C=O) groups excluding carboxylic acids is 1. The van der Waals surface area contributed by atoms with Crippen LogP contribution >= 0.6 is 0 Å². The molecular weight excluding hydrogens is 419 g/mol. The predicted octanol–water partition coefficient (Wildman–Crippen LogP) is 4.15. The lowest BCUT2D eigenvalue weighted by atomic mass is 9.94. The van der Waals surface area contributed by atoms with Crippen molar-refractivity contribution in [3.63, 3.8) is 0 Å². The van der Waals surface area contributed by atoms with Crippen molar-refractivity contribution < 1.29 is 18.0 Å². The quantitative estimate of drug-likeness (QED) is 0.441. The molecule has 1 amide bonds. The number of aryl methyl sites for hydroxylation is 2. The van der Waals surface area contributed by atoms with E-state index in [1.807, 2.05) is 30.8 Å². The topological polar surface area (TPSA) is 56.0 Å². The number of amides is 1. The number of halogens is 3. The van der Waals surface area contributed by atoms with Gasteiger partial charge in [0.1, 0.15) is 5.65 Å². The van der Waals surface area contributed by atoms with Gasteiger partial charge >= 0.3 is 0 Å². The second-order valence-corrected chi connectivity index (χ2v) is 8.04. The third-order valence-corrected chi connectivity index (χ3v) is 6.16. The van der Waals surface area contributed by atoms with Gasteiger partial charge in [0.15, 0.2) is 17.5 Å². The van der Waals surface area contributed by atoms with E-state index in [2.05, 4.69) is 10.1 Å². The Labute approximate surface area is 181 Å². The molecule has 0 saturated heterocycles. The standard InChI is InChI=1S/C23H20F3N5O/c1-12-20-16(21(30(3)28-20)13-10-17(24)19(26)18(25)11-13)6-9-31(12)23(32)15-4-7-27-22-14(15)5-8-29(22)2/h4-5,7-8,10-12H,6,9H2,1-3H3/t12-/m0/s1. The first-order valence-corrected chi connectivity index (χ1v) is 10.2. The minimum atomic E-state index is -1.50. The van der Waals surface area contributed by atoms with Crippen LogP contribution in [0.1, 0.15) is 34.6 Å². The Morgan fingerprint density at radius 2 is 1.84 bits per heavy atom. The van der Waals surface area contributed by atoms with Crippen molar-refractivity contribution in [1.82, 2.24) is 24.2 Å². The lowest BCUT2D eigenvalue weighted by molar-refractivity contribution is 0.0675. The molecule has 0 unspecified atom stereocenters. The summed E-state index contributed by atoms with van der Waals surface area (Å²) < 4.78 is 44.5. The molecule has 0 saturated carbocycles. The Kier molecular flexibility index (Phi) is 4.58. The Morgan fingerprint density at radius 1 is 1.12 bits per heavy atom. The molecule has 4 aromatic rings. The summed E-state index contributed by atoms with van der Waals surface area (Å²) >= 11 is 0. The zero-order chi connectivity index (χ0) is 22.7. The van der Waals surface area contributed by atoms with E-state index in [1.54, 1.807) is 24.2 Å². The van der Waals surface area contributed by atoms with E-state index in [-0.39, 0.29) is 17.5 Å². The molecule has 0 N–H and O–H groups in total. The lowest BCUT2D eigenvalue weighted by Crippen LogP contribution is -2.39. The molecule has 1 aromatic carbocycles. The summed E-state index contributed by atoms with van der Waals surface area (Å²) in [5.74, 6) is -4.13. The molecule has 0 aliphatic carbocycles. The van der Waals surface area contributed by atoms with Crippen molar-refractivity contribution in [2.45, 2.75) is 19.4 Å². The van der Waals surface area contributed by atoms with Gasteiger partial charge in [-0.15, -0.1) is 0 Å². The number of benzene rings is 1. The zero-order valence-electron chi connectivity index (χ0n) is 17.7. The largest absolute Gasteiger partial charge is 0.336 e. The molecule has 3 aromatic heterocycles. The molecule has 4 heterocycles. The fourth-order valence-electron chi connectivity index (χ4n) is 4.58. The average Bonchev–Trinajstić information content (AvgIpc) is 3.31. The van der Waals surface area contributed by atoms with Gasteiger partial charge < -0.3 is 9.47 Å². The molecule has 1 aliphatic rings. The first-order valence-electron chi connectivity index (χ1n) is 10.2.